The van der Waals surface area contributed by atoms with Crippen molar-refractivity contribution in [2.75, 3.05) is 13.6 Å². The van der Waals surface area contributed by atoms with Crippen LogP contribution < -0.4 is 15.4 Å². The van der Waals surface area contributed by atoms with Crippen LogP contribution >= 0.6 is 35.6 Å². The zero-order chi connectivity index (χ0) is 17.5. The Morgan fingerprint density at radius 2 is 1.96 bits per heavy atom. The fourth-order valence-corrected chi connectivity index (χ4v) is 2.15. The quantitative estimate of drug-likeness (QED) is 0.376. The van der Waals surface area contributed by atoms with E-state index in [9.17, 15) is 0 Å². The van der Waals surface area contributed by atoms with Crippen molar-refractivity contribution in [2.24, 2.45) is 4.99 Å². The van der Waals surface area contributed by atoms with Crippen LogP contribution in [0.4, 0.5) is 0 Å². The van der Waals surface area contributed by atoms with Crippen molar-refractivity contribution in [3.63, 3.8) is 0 Å². The summed E-state index contributed by atoms with van der Waals surface area (Å²) in [6.45, 7) is 6.88. The molecule has 0 radical (unpaired) electrons. The van der Waals surface area contributed by atoms with Crippen LogP contribution in [0.3, 0.4) is 0 Å². The lowest BCUT2D eigenvalue weighted by molar-refractivity contribution is 0.224. The molecule has 0 saturated carbocycles. The van der Waals surface area contributed by atoms with Gasteiger partial charge in [0.2, 0.25) is 5.89 Å². The van der Waals surface area contributed by atoms with E-state index in [1.807, 2.05) is 32.9 Å². The predicted octanol–water partition coefficient (Wildman–Crippen LogP) is 3.70. The van der Waals surface area contributed by atoms with Gasteiger partial charge in [-0.1, -0.05) is 11.6 Å². The van der Waals surface area contributed by atoms with Crippen LogP contribution in [0.5, 0.6) is 5.75 Å². The van der Waals surface area contributed by atoms with Crippen molar-refractivity contribution in [1.29, 1.82) is 0 Å². The molecule has 0 saturated heterocycles. The SMILES string of the molecule is CN=C(NCc1nc(C)c(C)o1)NCC(C)Oc1ccc(Cl)cc1.I. The molecule has 2 rings (SSSR count). The number of guanidine groups is 1. The highest BCUT2D eigenvalue weighted by Gasteiger charge is 2.08. The molecule has 8 heteroatoms. The molecule has 1 atom stereocenters. The molecule has 0 fully saturated rings. The Labute approximate surface area is 170 Å². The fraction of sp³-hybridized carbons (Fsp3) is 0.412. The van der Waals surface area contributed by atoms with Crippen LogP contribution in [0.15, 0.2) is 33.7 Å². The van der Waals surface area contributed by atoms with E-state index in [4.69, 9.17) is 20.8 Å². The summed E-state index contributed by atoms with van der Waals surface area (Å²) < 4.78 is 11.3. The molecule has 0 aliphatic rings. The summed E-state index contributed by atoms with van der Waals surface area (Å²) in [6, 6.07) is 7.30. The summed E-state index contributed by atoms with van der Waals surface area (Å²) in [5.74, 6) is 2.91. The molecule has 0 spiro atoms. The summed E-state index contributed by atoms with van der Waals surface area (Å²) in [4.78, 5) is 8.50. The van der Waals surface area contributed by atoms with E-state index >= 15 is 0 Å². The highest BCUT2D eigenvalue weighted by Crippen LogP contribution is 2.16. The van der Waals surface area contributed by atoms with Gasteiger partial charge in [0.25, 0.3) is 0 Å². The van der Waals surface area contributed by atoms with Gasteiger partial charge in [0, 0.05) is 12.1 Å². The van der Waals surface area contributed by atoms with Gasteiger partial charge in [0.05, 0.1) is 18.8 Å². The number of aromatic nitrogens is 1. The monoisotopic (exact) mass is 478 g/mol. The van der Waals surface area contributed by atoms with Crippen molar-refractivity contribution < 1.29 is 9.15 Å². The third kappa shape index (κ3) is 7.11. The van der Waals surface area contributed by atoms with Crippen LogP contribution in [-0.2, 0) is 6.54 Å². The van der Waals surface area contributed by atoms with Crippen LogP contribution in [0, 0.1) is 13.8 Å². The van der Waals surface area contributed by atoms with Gasteiger partial charge in [-0.2, -0.15) is 0 Å². The molecule has 2 aromatic rings. The molecule has 6 nitrogen and oxygen atoms in total. The lowest BCUT2D eigenvalue weighted by Crippen LogP contribution is -2.41. The average molecular weight is 479 g/mol. The van der Waals surface area contributed by atoms with Crippen LogP contribution in [0.25, 0.3) is 0 Å². The number of aryl methyl sites for hydroxylation is 2. The summed E-state index contributed by atoms with van der Waals surface area (Å²) >= 11 is 5.86. The first-order valence-electron chi connectivity index (χ1n) is 7.77. The molecule has 138 valence electrons. The number of rotatable bonds is 6. The standard InChI is InChI=1S/C17H23ClN4O2.HI/c1-11(23-15-7-5-14(18)6-8-15)9-20-17(19-4)21-10-16-22-12(2)13(3)24-16;/h5-8,11H,9-10H2,1-4H3,(H2,19,20,21);1H. The van der Waals surface area contributed by atoms with Crippen molar-refractivity contribution in [2.45, 2.75) is 33.4 Å². The first kappa shape index (κ1) is 21.6. The number of hydrogen-bond donors (Lipinski definition) is 2. The molecule has 0 aliphatic heterocycles. The lowest BCUT2D eigenvalue weighted by Gasteiger charge is -2.17. The molecule has 25 heavy (non-hydrogen) atoms. The molecule has 1 aromatic carbocycles. The molecule has 1 unspecified atom stereocenters. The van der Waals surface area contributed by atoms with E-state index in [0.29, 0.717) is 30.0 Å². The van der Waals surface area contributed by atoms with Gasteiger partial charge in [-0.3, -0.25) is 4.99 Å². The van der Waals surface area contributed by atoms with Gasteiger partial charge in [0.15, 0.2) is 5.96 Å². The highest BCUT2D eigenvalue weighted by atomic mass is 127. The Hall–Kier alpha value is -1.48. The first-order chi connectivity index (χ1) is 11.5. The fourth-order valence-electron chi connectivity index (χ4n) is 2.02. The molecule has 0 aliphatic carbocycles. The number of nitrogens with one attached hydrogen (secondary N) is 2. The van der Waals surface area contributed by atoms with Gasteiger partial charge in [-0.25, -0.2) is 4.98 Å². The van der Waals surface area contributed by atoms with Crippen molar-refractivity contribution in [3.8, 4) is 5.75 Å². The number of ether oxygens (including phenoxy) is 1. The third-order valence-electron chi connectivity index (χ3n) is 3.41. The van der Waals surface area contributed by atoms with Gasteiger partial charge >= 0.3 is 0 Å². The first-order valence-corrected chi connectivity index (χ1v) is 8.15. The topological polar surface area (TPSA) is 71.7 Å². The maximum absolute atomic E-state index is 5.86. The smallest absolute Gasteiger partial charge is 0.214 e. The van der Waals surface area contributed by atoms with Gasteiger partial charge < -0.3 is 19.8 Å². The average Bonchev–Trinajstić information content (AvgIpc) is 2.88. The maximum atomic E-state index is 5.86. The van der Waals surface area contributed by atoms with Gasteiger partial charge in [0.1, 0.15) is 17.6 Å². The Balaban J connectivity index is 0.00000312. The summed E-state index contributed by atoms with van der Waals surface area (Å²) in [6.07, 6.45) is -0.0315. The van der Waals surface area contributed by atoms with E-state index in [0.717, 1.165) is 17.2 Å². The van der Waals surface area contributed by atoms with Crippen LogP contribution in [0.2, 0.25) is 5.02 Å². The number of benzene rings is 1. The van der Waals surface area contributed by atoms with Crippen molar-refractivity contribution >= 4 is 41.5 Å². The van der Waals surface area contributed by atoms with Crippen molar-refractivity contribution in [3.05, 3.63) is 46.6 Å². The Morgan fingerprint density at radius 1 is 1.28 bits per heavy atom. The normalized spacial score (nSPS) is 12.3. The second kappa shape index (κ2) is 10.5. The Bertz CT molecular complexity index is 669. The number of hydrogen-bond acceptors (Lipinski definition) is 4. The molecule has 1 aromatic heterocycles. The minimum atomic E-state index is -0.0315. The summed E-state index contributed by atoms with van der Waals surface area (Å²) in [7, 11) is 1.71. The van der Waals surface area contributed by atoms with Crippen molar-refractivity contribution in [1.82, 2.24) is 15.6 Å². The zero-order valence-electron chi connectivity index (χ0n) is 14.8. The minimum absolute atomic E-state index is 0. The summed E-state index contributed by atoms with van der Waals surface area (Å²) in [5, 5.41) is 7.06. The van der Waals surface area contributed by atoms with Gasteiger partial charge in [-0.15, -0.1) is 24.0 Å². The second-order valence-electron chi connectivity index (χ2n) is 5.44. The van der Waals surface area contributed by atoms with Crippen LogP contribution in [0.1, 0.15) is 24.3 Å². The molecular formula is C17H24ClIN4O2. The Morgan fingerprint density at radius 3 is 2.52 bits per heavy atom. The number of halogens is 2. The van der Waals surface area contributed by atoms with E-state index in [-0.39, 0.29) is 30.1 Å². The molecular weight excluding hydrogens is 455 g/mol. The molecule has 0 amide bonds. The maximum Gasteiger partial charge on any atom is 0.214 e. The Kier molecular flexibility index (Phi) is 9.05. The van der Waals surface area contributed by atoms with E-state index in [1.54, 1.807) is 19.2 Å². The van der Waals surface area contributed by atoms with E-state index in [2.05, 4.69) is 20.6 Å². The predicted molar refractivity (Wildman–Crippen MR) is 111 cm³/mol. The van der Waals surface area contributed by atoms with Crippen LogP contribution in [-0.4, -0.2) is 30.6 Å². The largest absolute Gasteiger partial charge is 0.489 e. The number of nitrogens with zero attached hydrogens (tertiary/aromatic N) is 2. The van der Waals surface area contributed by atoms with E-state index in [1.165, 1.54) is 0 Å². The van der Waals surface area contributed by atoms with E-state index < -0.39 is 0 Å². The molecule has 2 N–H and O–H groups in total. The third-order valence-corrected chi connectivity index (χ3v) is 3.66. The molecule has 0 bridgehead atoms. The number of aliphatic imine (C=N–C) groups is 1. The highest BCUT2D eigenvalue weighted by molar-refractivity contribution is 14.0. The number of oxazole rings is 1. The van der Waals surface area contributed by atoms with Gasteiger partial charge in [-0.05, 0) is 45.0 Å². The minimum Gasteiger partial charge on any atom is -0.489 e. The lowest BCUT2D eigenvalue weighted by atomic mass is 10.3. The zero-order valence-corrected chi connectivity index (χ0v) is 17.9. The molecule has 1 heterocycles. The summed E-state index contributed by atoms with van der Waals surface area (Å²) in [5.41, 5.74) is 0.903. The second-order valence-corrected chi connectivity index (χ2v) is 5.87.